The number of carbonyl (C=O) groups excluding carboxylic acids is 1. The summed E-state index contributed by atoms with van der Waals surface area (Å²) in [6.07, 6.45) is 1.66. The van der Waals surface area contributed by atoms with Crippen LogP contribution in [0.15, 0.2) is 59.5 Å². The number of methoxy groups -OCH3 is 1. The molecule has 0 saturated carbocycles. The van der Waals surface area contributed by atoms with E-state index in [0.717, 1.165) is 33.7 Å². The maximum atomic E-state index is 13.2. The largest absolute Gasteiger partial charge is 0.497 e. The highest BCUT2D eigenvalue weighted by Crippen LogP contribution is 2.23. The Balaban J connectivity index is 1.54. The molecule has 2 aromatic heterocycles. The highest BCUT2D eigenvalue weighted by molar-refractivity contribution is 6.30. The zero-order chi connectivity index (χ0) is 23.5. The van der Waals surface area contributed by atoms with E-state index in [-0.39, 0.29) is 18.0 Å². The third-order valence-corrected chi connectivity index (χ3v) is 6.03. The maximum absolute atomic E-state index is 13.2. The molecule has 4 rings (SSSR count). The van der Waals surface area contributed by atoms with Crippen LogP contribution < -0.4 is 15.6 Å². The fraction of sp³-hybridized carbons (Fsp3) is 0.240. The summed E-state index contributed by atoms with van der Waals surface area (Å²) in [4.78, 5) is 25.7. The van der Waals surface area contributed by atoms with E-state index < -0.39 is 0 Å². The summed E-state index contributed by atoms with van der Waals surface area (Å²) in [5.74, 6) is 0.431. The fourth-order valence-electron chi connectivity index (χ4n) is 3.94. The Bertz CT molecular complexity index is 1370. The number of amides is 1. The van der Waals surface area contributed by atoms with E-state index in [2.05, 4.69) is 15.0 Å². The van der Waals surface area contributed by atoms with Gasteiger partial charge in [-0.15, -0.1) is 0 Å². The normalized spacial score (nSPS) is 11.0. The molecular weight excluding hydrogens is 440 g/mol. The van der Waals surface area contributed by atoms with Gasteiger partial charge >= 0.3 is 0 Å². The van der Waals surface area contributed by atoms with E-state index in [1.807, 2.05) is 62.4 Å². The van der Waals surface area contributed by atoms with Crippen LogP contribution in [0.5, 0.6) is 5.75 Å². The van der Waals surface area contributed by atoms with Crippen LogP contribution in [0.1, 0.15) is 22.5 Å². The van der Waals surface area contributed by atoms with E-state index >= 15 is 0 Å². The smallest absolute Gasteiger partial charge is 0.276 e. The number of fused-ring (bicyclic) bond motifs is 1. The molecule has 0 atom stereocenters. The number of aromatic nitrogens is 3. The number of hydrogen-bond acceptors (Lipinski definition) is 4. The lowest BCUT2D eigenvalue weighted by Crippen LogP contribution is -2.33. The second-order valence-electron chi connectivity index (χ2n) is 7.91. The molecule has 8 heteroatoms. The second kappa shape index (κ2) is 9.50. The van der Waals surface area contributed by atoms with Crippen molar-refractivity contribution < 1.29 is 9.53 Å². The molecule has 170 valence electrons. The zero-order valence-corrected chi connectivity index (χ0v) is 19.5. The van der Waals surface area contributed by atoms with Crippen LogP contribution in [0.4, 0.5) is 0 Å². The highest BCUT2D eigenvalue weighted by Gasteiger charge is 2.17. The van der Waals surface area contributed by atoms with Crippen molar-refractivity contribution in [3.63, 3.8) is 0 Å². The van der Waals surface area contributed by atoms with Crippen molar-refractivity contribution in [2.75, 3.05) is 7.11 Å². The first kappa shape index (κ1) is 22.6. The average molecular weight is 465 g/mol. The third-order valence-electron chi connectivity index (χ3n) is 5.78. The van der Waals surface area contributed by atoms with Crippen LogP contribution in [-0.4, -0.2) is 27.4 Å². The van der Waals surface area contributed by atoms with Crippen LogP contribution >= 0.6 is 11.6 Å². The van der Waals surface area contributed by atoms with Gasteiger partial charge in [0, 0.05) is 34.9 Å². The molecule has 0 fully saturated rings. The molecule has 0 spiro atoms. The minimum absolute atomic E-state index is 0.153. The van der Waals surface area contributed by atoms with E-state index in [1.54, 1.807) is 13.3 Å². The molecule has 0 saturated heterocycles. The molecule has 1 N–H and O–H groups in total. The molecule has 7 nitrogen and oxygen atoms in total. The zero-order valence-electron chi connectivity index (χ0n) is 18.8. The Morgan fingerprint density at radius 1 is 1.09 bits per heavy atom. The summed E-state index contributed by atoms with van der Waals surface area (Å²) in [7, 11) is 1.60. The lowest BCUT2D eigenvalue weighted by atomic mass is 10.2. The Morgan fingerprint density at radius 2 is 1.85 bits per heavy atom. The van der Waals surface area contributed by atoms with Gasteiger partial charge in [0.15, 0.2) is 0 Å². The first-order chi connectivity index (χ1) is 15.9. The number of rotatable bonds is 7. The van der Waals surface area contributed by atoms with Gasteiger partial charge in [0.2, 0.25) is 5.91 Å². The number of aryl methyl sites for hydroxylation is 2. The Kier molecular flexibility index (Phi) is 6.51. The first-order valence-electron chi connectivity index (χ1n) is 10.6. The van der Waals surface area contributed by atoms with E-state index in [1.165, 1.54) is 4.68 Å². The molecule has 4 aromatic rings. The maximum Gasteiger partial charge on any atom is 0.276 e. The standard InChI is InChI=1S/C25H25ClN4O3/c1-16-22-13-28-30(15-23(31)27-12-19-5-4-6-21(11-19)33-3)25(32)24(22)17(2)29(16)14-18-7-9-20(26)10-8-18/h4-11,13H,12,14-15H2,1-3H3,(H,27,31). The summed E-state index contributed by atoms with van der Waals surface area (Å²) in [5.41, 5.74) is 3.51. The average Bonchev–Trinajstić information content (AvgIpc) is 3.06. The number of carbonyl (C=O) groups is 1. The van der Waals surface area contributed by atoms with Gasteiger partial charge in [-0.05, 0) is 49.2 Å². The molecule has 0 unspecified atom stereocenters. The van der Waals surface area contributed by atoms with Gasteiger partial charge in [-0.3, -0.25) is 9.59 Å². The summed E-state index contributed by atoms with van der Waals surface area (Å²) < 4.78 is 8.50. The molecule has 0 aliphatic rings. The third kappa shape index (κ3) is 4.78. The van der Waals surface area contributed by atoms with Gasteiger partial charge in [0.05, 0.1) is 18.7 Å². The summed E-state index contributed by atoms with van der Waals surface area (Å²) in [6.45, 7) is 4.68. The van der Waals surface area contributed by atoms with E-state index in [4.69, 9.17) is 16.3 Å². The number of benzene rings is 2. The highest BCUT2D eigenvalue weighted by atomic mass is 35.5. The van der Waals surface area contributed by atoms with Crippen LogP contribution in [-0.2, 0) is 24.4 Å². The SMILES string of the molecule is COc1cccc(CNC(=O)Cn2ncc3c(C)n(Cc4ccc(Cl)cc4)c(C)c3c2=O)c1. The number of nitrogens with one attached hydrogen (secondary N) is 1. The van der Waals surface area contributed by atoms with Crippen LogP contribution in [0, 0.1) is 13.8 Å². The molecule has 0 bridgehead atoms. The molecule has 0 aliphatic carbocycles. The van der Waals surface area contributed by atoms with Crippen molar-refractivity contribution in [3.8, 4) is 5.75 Å². The Morgan fingerprint density at radius 3 is 2.58 bits per heavy atom. The summed E-state index contributed by atoms with van der Waals surface area (Å²) in [6, 6.07) is 15.1. The fourth-order valence-corrected chi connectivity index (χ4v) is 4.07. The molecule has 2 heterocycles. The predicted molar refractivity (Wildman–Crippen MR) is 129 cm³/mol. The lowest BCUT2D eigenvalue weighted by molar-refractivity contribution is -0.122. The van der Waals surface area contributed by atoms with Crippen molar-refractivity contribution >= 4 is 28.3 Å². The number of halogens is 1. The quantitative estimate of drug-likeness (QED) is 0.450. The number of hydrogen-bond donors (Lipinski definition) is 1. The van der Waals surface area contributed by atoms with Crippen molar-refractivity contribution in [3.05, 3.63) is 92.6 Å². The van der Waals surface area contributed by atoms with Crippen molar-refractivity contribution in [2.45, 2.75) is 33.5 Å². The molecular formula is C25H25ClN4O3. The minimum atomic E-state index is -0.290. The van der Waals surface area contributed by atoms with E-state index in [9.17, 15) is 9.59 Å². The van der Waals surface area contributed by atoms with Gasteiger partial charge in [0.1, 0.15) is 12.3 Å². The topological polar surface area (TPSA) is 78.2 Å². The van der Waals surface area contributed by atoms with Crippen molar-refractivity contribution in [2.24, 2.45) is 0 Å². The molecule has 1 amide bonds. The number of nitrogens with zero attached hydrogens (tertiary/aromatic N) is 3. The Hall–Kier alpha value is -3.58. The summed E-state index contributed by atoms with van der Waals surface area (Å²) >= 11 is 5.99. The molecule has 0 aliphatic heterocycles. The number of ether oxygens (including phenoxy) is 1. The van der Waals surface area contributed by atoms with Gasteiger partial charge in [-0.1, -0.05) is 35.9 Å². The van der Waals surface area contributed by atoms with Gasteiger partial charge in [0.25, 0.3) is 5.56 Å². The van der Waals surface area contributed by atoms with Crippen molar-refractivity contribution in [1.29, 1.82) is 0 Å². The Labute approximate surface area is 196 Å². The predicted octanol–water partition coefficient (Wildman–Crippen LogP) is 3.84. The van der Waals surface area contributed by atoms with Crippen LogP contribution in [0.3, 0.4) is 0 Å². The monoisotopic (exact) mass is 464 g/mol. The molecule has 33 heavy (non-hydrogen) atoms. The van der Waals surface area contributed by atoms with Crippen LogP contribution in [0.2, 0.25) is 5.02 Å². The molecule has 2 aromatic carbocycles. The van der Waals surface area contributed by atoms with Gasteiger partial charge in [-0.2, -0.15) is 5.10 Å². The first-order valence-corrected chi connectivity index (χ1v) is 10.9. The minimum Gasteiger partial charge on any atom is -0.497 e. The van der Waals surface area contributed by atoms with Crippen molar-refractivity contribution in [1.82, 2.24) is 19.7 Å². The van der Waals surface area contributed by atoms with Crippen LogP contribution in [0.25, 0.3) is 10.8 Å². The lowest BCUT2D eigenvalue weighted by Gasteiger charge is -2.09. The second-order valence-corrected chi connectivity index (χ2v) is 8.34. The van der Waals surface area contributed by atoms with E-state index in [0.29, 0.717) is 23.5 Å². The molecule has 0 radical (unpaired) electrons. The van der Waals surface area contributed by atoms with Gasteiger partial charge in [-0.25, -0.2) is 4.68 Å². The summed E-state index contributed by atoms with van der Waals surface area (Å²) in [5, 5.41) is 9.14. The van der Waals surface area contributed by atoms with Gasteiger partial charge < -0.3 is 14.6 Å².